The number of hydrogen-bond donors (Lipinski definition) is 3. The monoisotopic (exact) mass is 353 g/mol. The molecule has 0 aliphatic carbocycles. The van der Waals surface area contributed by atoms with Crippen molar-refractivity contribution in [3.8, 4) is 0 Å². The Labute approximate surface area is 113 Å². The molecule has 1 rings (SSSR count). The second-order valence-corrected chi connectivity index (χ2v) is 4.91. The fourth-order valence-corrected chi connectivity index (χ4v) is 2.16. The van der Waals surface area contributed by atoms with Crippen LogP contribution < -0.4 is 11.1 Å². The molecular formula is C10H13ClIN3O. The average molecular weight is 354 g/mol. The van der Waals surface area contributed by atoms with E-state index in [1.807, 2.05) is 25.1 Å². The SMILES string of the molecule is CCC(Nc1ccc(I)cc1Cl)/C(N)=N/O. The van der Waals surface area contributed by atoms with Gasteiger partial charge in [-0.2, -0.15) is 0 Å². The van der Waals surface area contributed by atoms with E-state index in [2.05, 4.69) is 33.1 Å². The lowest BCUT2D eigenvalue weighted by atomic mass is 10.2. The minimum absolute atomic E-state index is 0.150. The van der Waals surface area contributed by atoms with E-state index >= 15 is 0 Å². The molecule has 6 heteroatoms. The van der Waals surface area contributed by atoms with E-state index in [0.717, 1.165) is 9.26 Å². The van der Waals surface area contributed by atoms with Gasteiger partial charge in [0.15, 0.2) is 5.84 Å². The summed E-state index contributed by atoms with van der Waals surface area (Å²) >= 11 is 8.25. The Balaban J connectivity index is 2.86. The van der Waals surface area contributed by atoms with Gasteiger partial charge in [0.05, 0.1) is 16.8 Å². The number of rotatable bonds is 4. The normalized spacial score (nSPS) is 13.6. The first-order valence-electron chi connectivity index (χ1n) is 4.77. The van der Waals surface area contributed by atoms with E-state index in [0.29, 0.717) is 11.4 Å². The largest absolute Gasteiger partial charge is 0.409 e. The van der Waals surface area contributed by atoms with Gasteiger partial charge < -0.3 is 16.3 Å². The average Bonchev–Trinajstić information content (AvgIpc) is 2.27. The second kappa shape index (κ2) is 6.15. The van der Waals surface area contributed by atoms with Crippen molar-refractivity contribution in [3.05, 3.63) is 26.8 Å². The molecular weight excluding hydrogens is 340 g/mol. The summed E-state index contributed by atoms with van der Waals surface area (Å²) in [6, 6.07) is 5.44. The number of nitrogens with zero attached hydrogens (tertiary/aromatic N) is 1. The molecule has 1 aromatic rings. The fourth-order valence-electron chi connectivity index (χ4n) is 1.25. The minimum atomic E-state index is -0.220. The molecule has 1 atom stereocenters. The number of oxime groups is 1. The Bertz CT molecular complexity index is 398. The molecule has 88 valence electrons. The summed E-state index contributed by atoms with van der Waals surface area (Å²) in [5, 5.41) is 15.4. The molecule has 4 nitrogen and oxygen atoms in total. The first-order chi connectivity index (χ1) is 7.58. The van der Waals surface area contributed by atoms with Crippen LogP contribution in [0.4, 0.5) is 5.69 Å². The summed E-state index contributed by atoms with van der Waals surface area (Å²) in [6.07, 6.45) is 0.707. The zero-order valence-corrected chi connectivity index (χ0v) is 11.7. The molecule has 0 heterocycles. The molecule has 0 amide bonds. The van der Waals surface area contributed by atoms with E-state index in [-0.39, 0.29) is 11.9 Å². The van der Waals surface area contributed by atoms with Crippen LogP contribution in [0, 0.1) is 3.57 Å². The van der Waals surface area contributed by atoms with Crippen molar-refractivity contribution in [2.75, 3.05) is 5.32 Å². The Morgan fingerprint density at radius 3 is 2.88 bits per heavy atom. The molecule has 1 aromatic carbocycles. The maximum atomic E-state index is 8.62. The van der Waals surface area contributed by atoms with Gasteiger partial charge in [0.2, 0.25) is 0 Å². The molecule has 0 aromatic heterocycles. The van der Waals surface area contributed by atoms with Gasteiger partial charge in [-0.25, -0.2) is 0 Å². The molecule has 0 fully saturated rings. The third-order valence-corrected chi connectivity index (χ3v) is 3.13. The summed E-state index contributed by atoms with van der Waals surface area (Å²) in [6.45, 7) is 1.94. The van der Waals surface area contributed by atoms with Gasteiger partial charge in [-0.3, -0.25) is 0 Å². The lowest BCUT2D eigenvalue weighted by molar-refractivity contribution is 0.316. The molecule has 0 aliphatic rings. The van der Waals surface area contributed by atoms with Gasteiger partial charge >= 0.3 is 0 Å². The Kier molecular flexibility index (Phi) is 5.14. The van der Waals surface area contributed by atoms with Crippen molar-refractivity contribution in [3.63, 3.8) is 0 Å². The summed E-state index contributed by atoms with van der Waals surface area (Å²) in [7, 11) is 0. The molecule has 0 radical (unpaired) electrons. The minimum Gasteiger partial charge on any atom is -0.409 e. The lowest BCUT2D eigenvalue weighted by Crippen LogP contribution is -2.35. The molecule has 1 unspecified atom stereocenters. The number of nitrogens with one attached hydrogen (secondary N) is 1. The van der Waals surface area contributed by atoms with Crippen LogP contribution in [0.1, 0.15) is 13.3 Å². The van der Waals surface area contributed by atoms with Crippen LogP contribution in [0.5, 0.6) is 0 Å². The van der Waals surface area contributed by atoms with Crippen molar-refractivity contribution in [1.29, 1.82) is 0 Å². The molecule has 0 saturated carbocycles. The van der Waals surface area contributed by atoms with Crippen LogP contribution in [0.15, 0.2) is 23.4 Å². The van der Waals surface area contributed by atoms with Crippen LogP contribution in [0.3, 0.4) is 0 Å². The number of halogens is 2. The standard InChI is InChI=1S/C10H13ClIN3O/c1-2-8(10(13)15-16)14-9-4-3-6(12)5-7(9)11/h3-5,8,14,16H,2H2,1H3,(H2,13,15). The Morgan fingerprint density at radius 1 is 1.69 bits per heavy atom. The van der Waals surface area contributed by atoms with Gasteiger partial charge in [0, 0.05) is 3.57 Å². The Morgan fingerprint density at radius 2 is 2.38 bits per heavy atom. The van der Waals surface area contributed by atoms with Crippen molar-refractivity contribution in [2.24, 2.45) is 10.9 Å². The van der Waals surface area contributed by atoms with E-state index in [9.17, 15) is 0 Å². The van der Waals surface area contributed by atoms with Crippen molar-refractivity contribution >= 4 is 45.7 Å². The predicted molar refractivity (Wildman–Crippen MR) is 75.3 cm³/mol. The number of hydrogen-bond acceptors (Lipinski definition) is 3. The molecule has 0 bridgehead atoms. The van der Waals surface area contributed by atoms with Crippen LogP contribution in [-0.4, -0.2) is 17.1 Å². The molecule has 0 spiro atoms. The third kappa shape index (κ3) is 3.41. The Hall–Kier alpha value is -0.690. The quantitative estimate of drug-likeness (QED) is 0.256. The van der Waals surface area contributed by atoms with Gasteiger partial charge in [-0.1, -0.05) is 23.7 Å². The highest BCUT2D eigenvalue weighted by atomic mass is 127. The van der Waals surface area contributed by atoms with Crippen molar-refractivity contribution in [1.82, 2.24) is 0 Å². The van der Waals surface area contributed by atoms with Gasteiger partial charge in [0.1, 0.15) is 0 Å². The highest BCUT2D eigenvalue weighted by molar-refractivity contribution is 14.1. The number of amidine groups is 1. The zero-order valence-electron chi connectivity index (χ0n) is 8.74. The highest BCUT2D eigenvalue weighted by Gasteiger charge is 2.12. The van der Waals surface area contributed by atoms with Gasteiger partial charge in [-0.15, -0.1) is 0 Å². The maximum Gasteiger partial charge on any atom is 0.161 e. The van der Waals surface area contributed by atoms with Crippen LogP contribution in [0.2, 0.25) is 5.02 Å². The predicted octanol–water partition coefficient (Wildman–Crippen LogP) is 2.88. The molecule has 0 aliphatic heterocycles. The number of benzene rings is 1. The second-order valence-electron chi connectivity index (χ2n) is 3.25. The smallest absolute Gasteiger partial charge is 0.161 e. The van der Waals surface area contributed by atoms with Crippen molar-refractivity contribution < 1.29 is 5.21 Å². The summed E-state index contributed by atoms with van der Waals surface area (Å²) in [5.41, 5.74) is 6.33. The van der Waals surface area contributed by atoms with Crippen LogP contribution in [-0.2, 0) is 0 Å². The third-order valence-electron chi connectivity index (χ3n) is 2.14. The topological polar surface area (TPSA) is 70.6 Å². The first-order valence-corrected chi connectivity index (χ1v) is 6.23. The zero-order chi connectivity index (χ0) is 12.1. The maximum absolute atomic E-state index is 8.62. The van der Waals surface area contributed by atoms with Crippen LogP contribution >= 0.6 is 34.2 Å². The summed E-state index contributed by atoms with van der Waals surface area (Å²) < 4.78 is 1.06. The van der Waals surface area contributed by atoms with Gasteiger partial charge in [-0.05, 0) is 47.2 Å². The van der Waals surface area contributed by atoms with E-state index in [1.165, 1.54) is 0 Å². The number of anilines is 1. The molecule has 0 saturated heterocycles. The lowest BCUT2D eigenvalue weighted by Gasteiger charge is -2.17. The van der Waals surface area contributed by atoms with E-state index in [1.54, 1.807) is 0 Å². The summed E-state index contributed by atoms with van der Waals surface area (Å²) in [4.78, 5) is 0. The summed E-state index contributed by atoms with van der Waals surface area (Å²) in [5.74, 6) is 0.150. The highest BCUT2D eigenvalue weighted by Crippen LogP contribution is 2.24. The van der Waals surface area contributed by atoms with Crippen LogP contribution in [0.25, 0.3) is 0 Å². The van der Waals surface area contributed by atoms with E-state index < -0.39 is 0 Å². The molecule has 4 N–H and O–H groups in total. The molecule has 16 heavy (non-hydrogen) atoms. The van der Waals surface area contributed by atoms with Crippen molar-refractivity contribution in [2.45, 2.75) is 19.4 Å². The fraction of sp³-hybridized carbons (Fsp3) is 0.300. The van der Waals surface area contributed by atoms with Gasteiger partial charge in [0.25, 0.3) is 0 Å². The first kappa shape index (κ1) is 13.4. The number of nitrogens with two attached hydrogens (primary N) is 1. The van der Waals surface area contributed by atoms with E-state index in [4.69, 9.17) is 22.5 Å².